The van der Waals surface area contributed by atoms with E-state index in [1.807, 2.05) is 43.0 Å². The molecule has 4 nitrogen and oxygen atoms in total. The number of amides is 2. The van der Waals surface area contributed by atoms with Crippen molar-refractivity contribution in [3.63, 3.8) is 0 Å². The molecule has 0 aromatic heterocycles. The molecule has 2 aliphatic rings. The van der Waals surface area contributed by atoms with Crippen molar-refractivity contribution in [2.45, 2.75) is 32.6 Å². The largest absolute Gasteiger partial charge is 0.342 e. The first-order valence-electron chi connectivity index (χ1n) is 7.76. The fraction of sp³-hybridized carbons (Fsp3) is 0.529. The Morgan fingerprint density at radius 2 is 1.90 bits per heavy atom. The number of para-hydroxylation sites is 1. The summed E-state index contributed by atoms with van der Waals surface area (Å²) in [5, 5.41) is 2.98. The maximum Gasteiger partial charge on any atom is 0.232 e. The zero-order chi connectivity index (χ0) is 15.0. The van der Waals surface area contributed by atoms with Crippen molar-refractivity contribution in [2.75, 3.05) is 18.4 Å². The van der Waals surface area contributed by atoms with E-state index in [4.69, 9.17) is 0 Å². The number of piperidine rings is 1. The van der Waals surface area contributed by atoms with E-state index in [-0.39, 0.29) is 23.7 Å². The number of anilines is 1. The Bertz CT molecular complexity index is 560. The highest BCUT2D eigenvalue weighted by molar-refractivity contribution is 6.03. The van der Waals surface area contributed by atoms with Gasteiger partial charge in [-0.05, 0) is 30.4 Å². The molecular formula is C17H22N2O2. The maximum atomic E-state index is 12.3. The molecule has 0 radical (unpaired) electrons. The van der Waals surface area contributed by atoms with Gasteiger partial charge in [-0.3, -0.25) is 9.59 Å². The monoisotopic (exact) mass is 286 g/mol. The molecular weight excluding hydrogens is 264 g/mol. The van der Waals surface area contributed by atoms with Crippen LogP contribution in [0.25, 0.3) is 0 Å². The molecule has 4 heteroatoms. The van der Waals surface area contributed by atoms with Crippen LogP contribution in [0, 0.1) is 11.8 Å². The number of nitrogens with one attached hydrogen (secondary N) is 1. The first-order chi connectivity index (χ1) is 10.1. The molecule has 2 heterocycles. The summed E-state index contributed by atoms with van der Waals surface area (Å²) in [4.78, 5) is 26.2. The van der Waals surface area contributed by atoms with E-state index in [9.17, 15) is 9.59 Å². The minimum Gasteiger partial charge on any atom is -0.342 e. The molecule has 21 heavy (non-hydrogen) atoms. The minimum atomic E-state index is -0.0440. The smallest absolute Gasteiger partial charge is 0.232 e. The topological polar surface area (TPSA) is 49.4 Å². The number of hydrogen-bond acceptors (Lipinski definition) is 2. The summed E-state index contributed by atoms with van der Waals surface area (Å²) in [5.74, 6) is 0.689. The van der Waals surface area contributed by atoms with Crippen molar-refractivity contribution in [1.29, 1.82) is 0 Å². The number of likely N-dealkylation sites (tertiary alicyclic amines) is 1. The van der Waals surface area contributed by atoms with Crippen LogP contribution < -0.4 is 5.32 Å². The molecule has 2 amide bonds. The molecule has 0 bridgehead atoms. The average molecular weight is 286 g/mol. The van der Waals surface area contributed by atoms with Crippen LogP contribution in [0.5, 0.6) is 0 Å². The SMILES string of the molecule is CC(C)C(=O)N1CCC([C@@H]2C(=O)Nc3ccccc32)CC1. The number of nitrogens with zero attached hydrogens (tertiary/aromatic N) is 1. The molecule has 1 saturated heterocycles. The molecule has 2 aliphatic heterocycles. The molecule has 3 rings (SSSR count). The quantitative estimate of drug-likeness (QED) is 0.908. The third-order valence-electron chi connectivity index (χ3n) is 4.65. The second kappa shape index (κ2) is 5.51. The van der Waals surface area contributed by atoms with Crippen LogP contribution in [-0.2, 0) is 9.59 Å². The standard InChI is InChI=1S/C17H22N2O2/c1-11(2)17(21)19-9-7-12(8-10-19)15-13-5-3-4-6-14(13)18-16(15)20/h3-6,11-12,15H,7-10H2,1-2H3,(H,18,20)/t15-/m0/s1. The second-order valence-corrected chi connectivity index (χ2v) is 6.37. The van der Waals surface area contributed by atoms with Crippen LogP contribution in [0.3, 0.4) is 0 Å². The van der Waals surface area contributed by atoms with Gasteiger partial charge in [-0.15, -0.1) is 0 Å². The Morgan fingerprint density at radius 1 is 1.24 bits per heavy atom. The lowest BCUT2D eigenvalue weighted by atomic mass is 9.80. The summed E-state index contributed by atoms with van der Waals surface area (Å²) in [7, 11) is 0. The minimum absolute atomic E-state index is 0.0440. The number of fused-ring (bicyclic) bond motifs is 1. The van der Waals surface area contributed by atoms with Gasteiger partial charge in [0.2, 0.25) is 11.8 Å². The maximum absolute atomic E-state index is 12.3. The summed E-state index contributed by atoms with van der Waals surface area (Å²) in [6.45, 7) is 5.42. The van der Waals surface area contributed by atoms with Crippen molar-refractivity contribution in [3.05, 3.63) is 29.8 Å². The van der Waals surface area contributed by atoms with E-state index in [0.29, 0.717) is 5.92 Å². The van der Waals surface area contributed by atoms with Gasteiger partial charge in [0.05, 0.1) is 5.92 Å². The molecule has 1 aromatic carbocycles. The Balaban J connectivity index is 1.70. The average Bonchev–Trinajstić information content (AvgIpc) is 2.82. The van der Waals surface area contributed by atoms with Crippen LogP contribution >= 0.6 is 0 Å². The van der Waals surface area contributed by atoms with Crippen molar-refractivity contribution >= 4 is 17.5 Å². The van der Waals surface area contributed by atoms with Gasteiger partial charge in [0.1, 0.15) is 0 Å². The van der Waals surface area contributed by atoms with Crippen LogP contribution in [0.2, 0.25) is 0 Å². The molecule has 112 valence electrons. The van der Waals surface area contributed by atoms with E-state index in [2.05, 4.69) is 5.32 Å². The van der Waals surface area contributed by atoms with Gasteiger partial charge in [-0.25, -0.2) is 0 Å². The number of benzene rings is 1. The van der Waals surface area contributed by atoms with Gasteiger partial charge < -0.3 is 10.2 Å². The van der Waals surface area contributed by atoms with Gasteiger partial charge in [0, 0.05) is 24.7 Å². The van der Waals surface area contributed by atoms with Crippen LogP contribution in [0.1, 0.15) is 38.2 Å². The first-order valence-corrected chi connectivity index (χ1v) is 7.76. The van der Waals surface area contributed by atoms with Gasteiger partial charge in [0.25, 0.3) is 0 Å². The molecule has 0 saturated carbocycles. The van der Waals surface area contributed by atoms with Crippen LogP contribution in [-0.4, -0.2) is 29.8 Å². The molecule has 1 atom stereocenters. The second-order valence-electron chi connectivity index (χ2n) is 6.37. The van der Waals surface area contributed by atoms with Crippen molar-refractivity contribution in [3.8, 4) is 0 Å². The molecule has 1 aromatic rings. The number of carbonyl (C=O) groups excluding carboxylic acids is 2. The van der Waals surface area contributed by atoms with E-state index >= 15 is 0 Å². The van der Waals surface area contributed by atoms with Crippen LogP contribution in [0.4, 0.5) is 5.69 Å². The van der Waals surface area contributed by atoms with E-state index < -0.39 is 0 Å². The highest BCUT2D eigenvalue weighted by Gasteiger charge is 2.38. The predicted molar refractivity (Wildman–Crippen MR) is 82.0 cm³/mol. The summed E-state index contributed by atoms with van der Waals surface area (Å²) < 4.78 is 0. The first kappa shape index (κ1) is 14.1. The zero-order valence-corrected chi connectivity index (χ0v) is 12.6. The lowest BCUT2D eigenvalue weighted by Gasteiger charge is -2.35. The lowest BCUT2D eigenvalue weighted by molar-refractivity contribution is -0.136. The molecule has 1 fully saturated rings. The molecule has 0 spiro atoms. The van der Waals surface area contributed by atoms with Crippen molar-refractivity contribution in [2.24, 2.45) is 11.8 Å². The molecule has 0 aliphatic carbocycles. The number of hydrogen-bond donors (Lipinski definition) is 1. The summed E-state index contributed by atoms with van der Waals surface area (Å²) in [6.07, 6.45) is 1.82. The predicted octanol–water partition coefficient (Wildman–Crippen LogP) is 2.62. The third kappa shape index (κ3) is 2.55. The van der Waals surface area contributed by atoms with Gasteiger partial charge in [-0.1, -0.05) is 32.0 Å². The van der Waals surface area contributed by atoms with Gasteiger partial charge >= 0.3 is 0 Å². The summed E-state index contributed by atoms with van der Waals surface area (Å²) >= 11 is 0. The van der Waals surface area contributed by atoms with Crippen molar-refractivity contribution < 1.29 is 9.59 Å². The number of rotatable bonds is 2. The Kier molecular flexibility index (Phi) is 3.70. The Labute approximate surface area is 125 Å². The Hall–Kier alpha value is -1.84. The fourth-order valence-electron chi connectivity index (χ4n) is 3.52. The van der Waals surface area contributed by atoms with Crippen LogP contribution in [0.15, 0.2) is 24.3 Å². The molecule has 0 unspecified atom stereocenters. The third-order valence-corrected chi connectivity index (χ3v) is 4.65. The van der Waals surface area contributed by atoms with E-state index in [0.717, 1.165) is 37.2 Å². The van der Waals surface area contributed by atoms with Crippen molar-refractivity contribution in [1.82, 2.24) is 4.90 Å². The highest BCUT2D eigenvalue weighted by Crippen LogP contribution is 2.41. The summed E-state index contributed by atoms with van der Waals surface area (Å²) in [6, 6.07) is 7.95. The highest BCUT2D eigenvalue weighted by atomic mass is 16.2. The fourth-order valence-corrected chi connectivity index (χ4v) is 3.52. The van der Waals surface area contributed by atoms with Gasteiger partial charge in [0.15, 0.2) is 0 Å². The van der Waals surface area contributed by atoms with E-state index in [1.54, 1.807) is 0 Å². The van der Waals surface area contributed by atoms with Gasteiger partial charge in [-0.2, -0.15) is 0 Å². The molecule has 1 N–H and O–H groups in total. The summed E-state index contributed by atoms with van der Waals surface area (Å²) in [5.41, 5.74) is 2.07. The normalized spacial score (nSPS) is 22.3. The number of carbonyl (C=O) groups is 2. The Morgan fingerprint density at radius 3 is 2.57 bits per heavy atom. The zero-order valence-electron chi connectivity index (χ0n) is 12.6. The lowest BCUT2D eigenvalue weighted by Crippen LogP contribution is -2.42. The van der Waals surface area contributed by atoms with E-state index in [1.165, 1.54) is 0 Å².